The molecule has 0 saturated heterocycles. The molecule has 0 amide bonds. The van der Waals surface area contributed by atoms with Gasteiger partial charge in [-0.15, -0.1) is 0 Å². The number of carbonyl (C=O) groups excluding carboxylic acids is 1. The predicted octanol–water partition coefficient (Wildman–Crippen LogP) is 1.71. The van der Waals surface area contributed by atoms with E-state index in [4.69, 9.17) is 9.15 Å². The molecule has 3 aromatic heterocycles. The van der Waals surface area contributed by atoms with E-state index in [9.17, 15) is 14.4 Å². The minimum atomic E-state index is -0.611. The van der Waals surface area contributed by atoms with Crippen LogP contribution in [0.25, 0.3) is 11.1 Å². The molecule has 0 unspecified atom stereocenters. The third-order valence-corrected chi connectivity index (χ3v) is 4.76. The molecule has 0 atom stereocenters. The molecule has 0 fully saturated rings. The first-order valence-corrected chi connectivity index (χ1v) is 8.62. The summed E-state index contributed by atoms with van der Waals surface area (Å²) >= 11 is 1.12. The average Bonchev–Trinajstić information content (AvgIpc) is 3.07. The number of carbonyl (C=O) groups is 1. The smallest absolute Gasteiger partial charge is 0.342 e. The van der Waals surface area contributed by atoms with E-state index in [-0.39, 0.29) is 34.7 Å². The third kappa shape index (κ3) is 3.02. The van der Waals surface area contributed by atoms with Gasteiger partial charge in [0.1, 0.15) is 23.0 Å². The van der Waals surface area contributed by atoms with Gasteiger partial charge in [0.2, 0.25) is 5.71 Å². The van der Waals surface area contributed by atoms with Crippen LogP contribution in [0.15, 0.2) is 25.7 Å². The lowest BCUT2D eigenvalue weighted by Crippen LogP contribution is -2.26. The Balaban J connectivity index is 2.02. The van der Waals surface area contributed by atoms with Crippen LogP contribution in [0.1, 0.15) is 28.7 Å². The maximum atomic E-state index is 12.8. The van der Waals surface area contributed by atoms with E-state index in [1.54, 1.807) is 23.8 Å². The van der Waals surface area contributed by atoms with Crippen molar-refractivity contribution < 1.29 is 13.9 Å². The van der Waals surface area contributed by atoms with Crippen molar-refractivity contribution in [3.63, 3.8) is 0 Å². The predicted molar refractivity (Wildman–Crippen MR) is 92.3 cm³/mol. The first kappa shape index (κ1) is 17.2. The van der Waals surface area contributed by atoms with Crippen molar-refractivity contribution >= 4 is 28.4 Å². The van der Waals surface area contributed by atoms with Crippen molar-refractivity contribution in [1.29, 1.82) is 0 Å². The van der Waals surface area contributed by atoms with Gasteiger partial charge in [0.15, 0.2) is 0 Å². The molecule has 0 radical (unpaired) electrons. The van der Waals surface area contributed by atoms with Gasteiger partial charge in [-0.25, -0.2) is 9.78 Å². The number of thiazole rings is 1. The molecule has 0 aliphatic rings. The number of ether oxygens (including phenoxy) is 1. The number of furan rings is 1. The summed E-state index contributed by atoms with van der Waals surface area (Å²) in [6, 6.07) is 0. The Morgan fingerprint density at radius 1 is 1.32 bits per heavy atom. The number of esters is 1. The van der Waals surface area contributed by atoms with E-state index in [1.165, 1.54) is 10.9 Å². The monoisotopic (exact) mass is 363 g/mol. The van der Waals surface area contributed by atoms with Crippen molar-refractivity contribution in [2.45, 2.75) is 33.9 Å². The minimum Gasteiger partial charge on any atom is -0.462 e. The number of fused-ring (bicyclic) bond motifs is 1. The van der Waals surface area contributed by atoms with Crippen molar-refractivity contribution in [3.05, 3.63) is 48.7 Å². The van der Waals surface area contributed by atoms with Gasteiger partial charge in [0.25, 0.3) is 5.56 Å². The van der Waals surface area contributed by atoms with Gasteiger partial charge in [-0.05, 0) is 20.8 Å². The van der Waals surface area contributed by atoms with E-state index in [0.717, 1.165) is 17.0 Å². The molecule has 9 heteroatoms. The van der Waals surface area contributed by atoms with Gasteiger partial charge in [0.05, 0.1) is 6.61 Å². The Bertz CT molecular complexity index is 1060. The Hall–Kier alpha value is -2.68. The topological polar surface area (TPSA) is 96.3 Å². The highest BCUT2D eigenvalue weighted by atomic mass is 32.1. The lowest BCUT2D eigenvalue weighted by molar-refractivity contribution is 0.0526. The maximum absolute atomic E-state index is 12.8. The van der Waals surface area contributed by atoms with Crippen molar-refractivity contribution in [3.8, 4) is 0 Å². The second kappa shape index (κ2) is 6.67. The summed E-state index contributed by atoms with van der Waals surface area (Å²) in [4.78, 5) is 40.7. The summed E-state index contributed by atoms with van der Waals surface area (Å²) in [5.41, 5.74) is 0.646. The third-order valence-electron chi connectivity index (χ3n) is 3.88. The van der Waals surface area contributed by atoms with Crippen LogP contribution < -0.4 is 10.4 Å². The van der Waals surface area contributed by atoms with Crippen LogP contribution in [0.2, 0.25) is 0 Å². The van der Waals surface area contributed by atoms with E-state index in [1.807, 2.05) is 6.92 Å². The van der Waals surface area contributed by atoms with Crippen LogP contribution in [-0.2, 0) is 17.8 Å². The molecule has 25 heavy (non-hydrogen) atoms. The molecule has 0 saturated carbocycles. The summed E-state index contributed by atoms with van der Waals surface area (Å²) in [6.07, 6.45) is 1.36. The van der Waals surface area contributed by atoms with E-state index in [0.29, 0.717) is 12.3 Å². The fourth-order valence-electron chi connectivity index (χ4n) is 2.63. The molecule has 3 aromatic rings. The molecule has 132 valence electrons. The molecular formula is C16H17N3O5S. The van der Waals surface area contributed by atoms with Crippen molar-refractivity contribution in [1.82, 2.24) is 14.1 Å². The van der Waals surface area contributed by atoms with Crippen LogP contribution in [0.3, 0.4) is 0 Å². The Kier molecular flexibility index (Phi) is 4.58. The number of rotatable bonds is 5. The van der Waals surface area contributed by atoms with Crippen molar-refractivity contribution in [2.75, 3.05) is 6.61 Å². The zero-order chi connectivity index (χ0) is 18.1. The second-order valence-corrected chi connectivity index (χ2v) is 6.29. The zero-order valence-electron chi connectivity index (χ0n) is 14.1. The van der Waals surface area contributed by atoms with Crippen LogP contribution in [0, 0.1) is 13.8 Å². The second-order valence-electron chi connectivity index (χ2n) is 5.47. The zero-order valence-corrected chi connectivity index (χ0v) is 14.9. The largest absolute Gasteiger partial charge is 0.462 e. The number of hydrogen-bond acceptors (Lipinski definition) is 7. The molecule has 0 bridgehead atoms. The summed E-state index contributed by atoms with van der Waals surface area (Å²) < 4.78 is 13.4. The normalized spacial score (nSPS) is 11.2. The molecular weight excluding hydrogens is 346 g/mol. The molecule has 0 spiro atoms. The molecule has 0 aliphatic carbocycles. The number of hydrogen-bond donors (Lipinski definition) is 0. The summed E-state index contributed by atoms with van der Waals surface area (Å²) in [6.45, 7) is 5.90. The number of nitrogens with zero attached hydrogens (tertiary/aromatic N) is 3. The molecule has 3 heterocycles. The first-order chi connectivity index (χ1) is 11.9. The Morgan fingerprint density at radius 3 is 2.72 bits per heavy atom. The van der Waals surface area contributed by atoms with Gasteiger partial charge < -0.3 is 13.7 Å². The number of aromatic nitrogens is 3. The van der Waals surface area contributed by atoms with Crippen molar-refractivity contribution in [2.24, 2.45) is 0 Å². The summed E-state index contributed by atoms with van der Waals surface area (Å²) in [5, 5.41) is 1.87. The molecule has 3 rings (SSSR count). The lowest BCUT2D eigenvalue weighted by Gasteiger charge is -2.07. The van der Waals surface area contributed by atoms with Gasteiger partial charge in [-0.2, -0.15) is 0 Å². The van der Waals surface area contributed by atoms with E-state index in [2.05, 4.69) is 4.98 Å². The lowest BCUT2D eigenvalue weighted by atomic mass is 10.2. The summed E-state index contributed by atoms with van der Waals surface area (Å²) in [5.74, 6) is -0.319. The van der Waals surface area contributed by atoms with Crippen LogP contribution in [-0.4, -0.2) is 26.7 Å². The van der Waals surface area contributed by atoms with Gasteiger partial charge in [-0.3, -0.25) is 14.2 Å². The summed E-state index contributed by atoms with van der Waals surface area (Å²) in [7, 11) is 0. The van der Waals surface area contributed by atoms with Crippen LogP contribution in [0.5, 0.6) is 0 Å². The molecule has 8 nitrogen and oxygen atoms in total. The highest BCUT2D eigenvalue weighted by molar-refractivity contribution is 7.07. The fourth-order valence-corrected chi connectivity index (χ4v) is 3.39. The molecule has 0 aromatic carbocycles. The van der Waals surface area contributed by atoms with Gasteiger partial charge in [-0.1, -0.05) is 11.3 Å². The van der Waals surface area contributed by atoms with E-state index >= 15 is 0 Å². The highest BCUT2D eigenvalue weighted by Crippen LogP contribution is 2.21. The Morgan fingerprint density at radius 2 is 2.08 bits per heavy atom. The van der Waals surface area contributed by atoms with Crippen LogP contribution >= 0.6 is 11.3 Å². The Labute approximate surface area is 146 Å². The molecule has 0 N–H and O–H groups in total. The fraction of sp³-hybridized carbons (Fsp3) is 0.375. The first-order valence-electron chi connectivity index (χ1n) is 7.74. The standard InChI is InChI=1S/C16H17N3O5S/c1-4-23-15(21)11-10(3)24-13-12(11)14(20)18(8-17-13)5-6-19-9(2)7-25-16(19)22/h7-8H,4-6H2,1-3H3. The minimum absolute atomic E-state index is 0.0778. The van der Waals surface area contributed by atoms with E-state index < -0.39 is 11.5 Å². The quantitative estimate of drug-likeness (QED) is 0.640. The maximum Gasteiger partial charge on any atom is 0.342 e. The average molecular weight is 363 g/mol. The van der Waals surface area contributed by atoms with Gasteiger partial charge in [0, 0.05) is 24.2 Å². The SMILES string of the molecule is CCOC(=O)c1c(C)oc2ncn(CCn3c(C)csc3=O)c(=O)c12. The van der Waals surface area contributed by atoms with Crippen LogP contribution in [0.4, 0.5) is 0 Å². The highest BCUT2D eigenvalue weighted by Gasteiger charge is 2.23. The molecule has 0 aliphatic heterocycles. The number of aryl methyl sites for hydroxylation is 3. The van der Waals surface area contributed by atoms with Gasteiger partial charge >= 0.3 is 10.8 Å².